The maximum absolute atomic E-state index is 10.6. The Kier molecular flexibility index (Phi) is 6.04. The molecular weight excluding hydrogens is 314 g/mol. The minimum absolute atomic E-state index is 0.0122. The summed E-state index contributed by atoms with van der Waals surface area (Å²) >= 11 is 1.17. The summed E-state index contributed by atoms with van der Waals surface area (Å²) in [7, 11) is 1.85. The molecule has 0 radical (unpaired) electrons. The third kappa shape index (κ3) is 4.99. The average molecular weight is 335 g/mol. The quantitative estimate of drug-likeness (QED) is 0.590. The molecule has 7 heteroatoms. The molecule has 1 aromatic carbocycles. The Morgan fingerprint density at radius 1 is 1.35 bits per heavy atom. The van der Waals surface area contributed by atoms with Crippen LogP contribution in [0.1, 0.15) is 23.4 Å². The molecule has 0 aliphatic heterocycles. The van der Waals surface area contributed by atoms with Crippen LogP contribution < -0.4 is 4.74 Å². The number of hydrogen-bond acceptors (Lipinski definition) is 5. The zero-order valence-electron chi connectivity index (χ0n) is 13.6. The number of nitrogens with zero attached hydrogens (tertiary/aromatic N) is 3. The zero-order chi connectivity index (χ0) is 16.8. The fourth-order valence-electron chi connectivity index (χ4n) is 2.09. The number of carboxylic acids is 1. The molecule has 2 rings (SSSR count). The number of aliphatic carboxylic acids is 1. The molecule has 1 aromatic heterocycles. The van der Waals surface area contributed by atoms with Crippen molar-refractivity contribution in [2.24, 2.45) is 7.05 Å². The number of aromatic nitrogens is 3. The Labute approximate surface area is 139 Å². The van der Waals surface area contributed by atoms with Crippen molar-refractivity contribution in [1.82, 2.24) is 14.8 Å². The summed E-state index contributed by atoms with van der Waals surface area (Å²) in [6, 6.07) is 6.16. The predicted octanol–water partition coefficient (Wildman–Crippen LogP) is 2.62. The lowest BCUT2D eigenvalue weighted by Crippen LogP contribution is -2.05. The maximum Gasteiger partial charge on any atom is 0.313 e. The number of benzene rings is 1. The van der Waals surface area contributed by atoms with Crippen LogP contribution in [0.4, 0.5) is 0 Å². The highest BCUT2D eigenvalue weighted by Gasteiger charge is 2.10. The van der Waals surface area contributed by atoms with Crippen molar-refractivity contribution in [2.45, 2.75) is 31.8 Å². The molecule has 1 heterocycles. The Morgan fingerprint density at radius 2 is 2.13 bits per heavy atom. The van der Waals surface area contributed by atoms with Crippen molar-refractivity contribution < 1.29 is 14.6 Å². The van der Waals surface area contributed by atoms with Gasteiger partial charge >= 0.3 is 5.97 Å². The molecule has 6 nitrogen and oxygen atoms in total. The van der Waals surface area contributed by atoms with Gasteiger partial charge in [-0.2, -0.15) is 0 Å². The van der Waals surface area contributed by atoms with E-state index >= 15 is 0 Å². The van der Waals surface area contributed by atoms with Crippen LogP contribution in [0.2, 0.25) is 0 Å². The van der Waals surface area contributed by atoms with E-state index in [0.717, 1.165) is 30.0 Å². The lowest BCUT2D eigenvalue weighted by Gasteiger charge is -2.09. The summed E-state index contributed by atoms with van der Waals surface area (Å²) in [6.07, 6.45) is 1.56. The van der Waals surface area contributed by atoms with Gasteiger partial charge in [0.2, 0.25) is 0 Å². The van der Waals surface area contributed by atoms with Gasteiger partial charge in [0, 0.05) is 13.5 Å². The smallest absolute Gasteiger partial charge is 0.313 e. The van der Waals surface area contributed by atoms with Crippen LogP contribution in [-0.4, -0.2) is 38.2 Å². The van der Waals surface area contributed by atoms with Gasteiger partial charge in [0.15, 0.2) is 5.16 Å². The first-order valence-electron chi connectivity index (χ1n) is 7.40. The largest absolute Gasteiger partial charge is 0.493 e. The standard InChI is InChI=1S/C16H21N3O3S/c1-11-6-7-12(2)13(9-11)22-8-4-5-14-17-18-16(19(14)3)23-10-15(20)21/h6-7,9H,4-5,8,10H2,1-3H3,(H,20,21). The number of ether oxygens (including phenoxy) is 1. The summed E-state index contributed by atoms with van der Waals surface area (Å²) in [5.74, 6) is 0.881. The highest BCUT2D eigenvalue weighted by atomic mass is 32.2. The van der Waals surface area contributed by atoms with Gasteiger partial charge in [-0.3, -0.25) is 4.79 Å². The molecule has 0 saturated heterocycles. The van der Waals surface area contributed by atoms with E-state index in [-0.39, 0.29) is 5.75 Å². The fourth-order valence-corrected chi connectivity index (χ4v) is 2.74. The molecule has 0 aliphatic carbocycles. The van der Waals surface area contributed by atoms with E-state index in [1.807, 2.05) is 31.5 Å². The molecule has 124 valence electrons. The molecule has 23 heavy (non-hydrogen) atoms. The summed E-state index contributed by atoms with van der Waals surface area (Å²) in [4.78, 5) is 10.6. The monoisotopic (exact) mass is 335 g/mol. The van der Waals surface area contributed by atoms with Gasteiger partial charge in [-0.1, -0.05) is 23.9 Å². The molecule has 0 bridgehead atoms. The first-order chi connectivity index (χ1) is 11.0. The number of rotatable bonds is 8. The normalized spacial score (nSPS) is 10.7. The number of carboxylic acid groups (broad SMARTS) is 1. The molecular formula is C16H21N3O3S. The topological polar surface area (TPSA) is 77.2 Å². The summed E-state index contributed by atoms with van der Waals surface area (Å²) in [5, 5.41) is 17.5. The van der Waals surface area contributed by atoms with E-state index in [1.54, 1.807) is 0 Å². The lowest BCUT2D eigenvalue weighted by molar-refractivity contribution is -0.133. The van der Waals surface area contributed by atoms with E-state index in [2.05, 4.69) is 22.3 Å². The molecule has 0 unspecified atom stereocenters. The van der Waals surface area contributed by atoms with Gasteiger partial charge in [0.1, 0.15) is 11.6 Å². The summed E-state index contributed by atoms with van der Waals surface area (Å²) in [6.45, 7) is 4.68. The second-order valence-corrected chi connectivity index (χ2v) is 6.30. The van der Waals surface area contributed by atoms with Crippen LogP contribution >= 0.6 is 11.8 Å². The van der Waals surface area contributed by atoms with Gasteiger partial charge in [0.25, 0.3) is 0 Å². The number of hydrogen-bond donors (Lipinski definition) is 1. The van der Waals surface area contributed by atoms with Crippen LogP contribution in [0.25, 0.3) is 0 Å². The molecule has 0 saturated carbocycles. The molecule has 0 spiro atoms. The molecule has 2 aromatic rings. The lowest BCUT2D eigenvalue weighted by atomic mass is 10.1. The Hall–Kier alpha value is -2.02. The molecule has 0 atom stereocenters. The number of aryl methyl sites for hydroxylation is 3. The van der Waals surface area contributed by atoms with Crippen molar-refractivity contribution >= 4 is 17.7 Å². The molecule has 0 amide bonds. The molecule has 0 aliphatic rings. The fraction of sp³-hybridized carbons (Fsp3) is 0.438. The maximum atomic E-state index is 10.6. The summed E-state index contributed by atoms with van der Waals surface area (Å²) < 4.78 is 7.66. The second kappa shape index (κ2) is 8.01. The Balaban J connectivity index is 1.82. The van der Waals surface area contributed by atoms with Gasteiger partial charge in [-0.25, -0.2) is 0 Å². The van der Waals surface area contributed by atoms with Crippen molar-refractivity contribution in [3.63, 3.8) is 0 Å². The van der Waals surface area contributed by atoms with Crippen molar-refractivity contribution in [3.05, 3.63) is 35.2 Å². The van der Waals surface area contributed by atoms with Gasteiger partial charge < -0.3 is 14.4 Å². The highest BCUT2D eigenvalue weighted by molar-refractivity contribution is 7.99. The molecule has 0 fully saturated rings. The minimum Gasteiger partial charge on any atom is -0.493 e. The van der Waals surface area contributed by atoms with E-state index in [4.69, 9.17) is 9.84 Å². The van der Waals surface area contributed by atoms with Crippen molar-refractivity contribution in [3.8, 4) is 5.75 Å². The first-order valence-corrected chi connectivity index (χ1v) is 8.39. The molecule has 1 N–H and O–H groups in total. The van der Waals surface area contributed by atoms with Gasteiger partial charge in [-0.15, -0.1) is 10.2 Å². The average Bonchev–Trinajstić information content (AvgIpc) is 2.85. The van der Waals surface area contributed by atoms with Crippen LogP contribution in [0.3, 0.4) is 0 Å². The van der Waals surface area contributed by atoms with E-state index < -0.39 is 5.97 Å². The van der Waals surface area contributed by atoms with Crippen LogP contribution in [0.5, 0.6) is 5.75 Å². The van der Waals surface area contributed by atoms with E-state index in [0.29, 0.717) is 11.8 Å². The third-order valence-electron chi connectivity index (χ3n) is 3.40. The third-order valence-corrected chi connectivity index (χ3v) is 4.40. The predicted molar refractivity (Wildman–Crippen MR) is 89.1 cm³/mol. The van der Waals surface area contributed by atoms with Gasteiger partial charge in [-0.05, 0) is 37.5 Å². The highest BCUT2D eigenvalue weighted by Crippen LogP contribution is 2.20. The van der Waals surface area contributed by atoms with Crippen LogP contribution in [-0.2, 0) is 18.3 Å². The van der Waals surface area contributed by atoms with Crippen molar-refractivity contribution in [2.75, 3.05) is 12.4 Å². The SMILES string of the molecule is Cc1ccc(C)c(OCCCc2nnc(SCC(=O)O)n2C)c1. The second-order valence-electron chi connectivity index (χ2n) is 5.36. The number of carbonyl (C=O) groups is 1. The van der Waals surface area contributed by atoms with Crippen LogP contribution in [0.15, 0.2) is 23.4 Å². The first kappa shape index (κ1) is 17.3. The minimum atomic E-state index is -0.860. The van der Waals surface area contributed by atoms with Gasteiger partial charge in [0.05, 0.1) is 12.4 Å². The summed E-state index contributed by atoms with van der Waals surface area (Å²) in [5.41, 5.74) is 2.31. The van der Waals surface area contributed by atoms with E-state index in [9.17, 15) is 4.79 Å². The Bertz CT molecular complexity index is 685. The van der Waals surface area contributed by atoms with E-state index in [1.165, 1.54) is 17.3 Å². The van der Waals surface area contributed by atoms with Crippen LogP contribution in [0, 0.1) is 13.8 Å². The van der Waals surface area contributed by atoms with Crippen molar-refractivity contribution in [1.29, 1.82) is 0 Å². The zero-order valence-corrected chi connectivity index (χ0v) is 14.4. The number of thioether (sulfide) groups is 1. The Morgan fingerprint density at radius 3 is 2.87 bits per heavy atom.